The number of nitrogens with zero attached hydrogens (tertiary/aromatic N) is 3. The number of likely N-dealkylation sites (tertiary alicyclic amines) is 1. The number of phenols is 1. The Bertz CT molecular complexity index is 1060. The summed E-state index contributed by atoms with van der Waals surface area (Å²) in [7, 11) is 0. The topological polar surface area (TPSA) is 93.2 Å². The molecule has 4 rings (SSSR count). The monoisotopic (exact) mass is 466 g/mol. The fourth-order valence-electron chi connectivity index (χ4n) is 4.81. The van der Waals surface area contributed by atoms with Crippen molar-refractivity contribution in [1.29, 1.82) is 0 Å². The van der Waals surface area contributed by atoms with E-state index in [1.165, 1.54) is 0 Å². The van der Waals surface area contributed by atoms with Crippen molar-refractivity contribution in [1.82, 2.24) is 20.0 Å². The molecule has 2 aliphatic heterocycles. The zero-order valence-corrected chi connectivity index (χ0v) is 20.0. The summed E-state index contributed by atoms with van der Waals surface area (Å²) in [6, 6.07) is 10.5. The van der Waals surface area contributed by atoms with E-state index in [0.29, 0.717) is 51.1 Å². The number of hydrogen-bond acceptors (Lipinski definition) is 5. The van der Waals surface area contributed by atoms with Crippen molar-refractivity contribution in [3.05, 3.63) is 42.0 Å². The molecule has 0 aromatic heterocycles. The molecule has 0 radical (unpaired) electrons. The first-order valence-corrected chi connectivity index (χ1v) is 12.2. The Hall–Kier alpha value is -3.13. The van der Waals surface area contributed by atoms with Crippen molar-refractivity contribution >= 4 is 28.5 Å². The Morgan fingerprint density at radius 1 is 1.06 bits per heavy atom. The Balaban J connectivity index is 1.38. The number of carbonyl (C=O) groups excluding carboxylic acids is 3. The molecule has 8 nitrogen and oxygen atoms in total. The molecule has 2 atom stereocenters. The van der Waals surface area contributed by atoms with Crippen LogP contribution in [0.2, 0.25) is 0 Å². The fourth-order valence-corrected chi connectivity index (χ4v) is 4.81. The van der Waals surface area contributed by atoms with Gasteiger partial charge in [0, 0.05) is 44.2 Å². The van der Waals surface area contributed by atoms with Crippen LogP contribution in [0.5, 0.6) is 5.75 Å². The molecule has 34 heavy (non-hydrogen) atoms. The van der Waals surface area contributed by atoms with Crippen LogP contribution in [-0.2, 0) is 9.59 Å². The number of aromatic hydroxyl groups is 1. The molecule has 8 heteroatoms. The van der Waals surface area contributed by atoms with Gasteiger partial charge in [0.05, 0.1) is 12.1 Å². The van der Waals surface area contributed by atoms with Crippen LogP contribution in [0.4, 0.5) is 0 Å². The molecule has 2 unspecified atom stereocenters. The lowest BCUT2D eigenvalue weighted by Gasteiger charge is -2.37. The number of hydrogen-bond donors (Lipinski definition) is 2. The van der Waals surface area contributed by atoms with Crippen LogP contribution in [-0.4, -0.2) is 88.9 Å². The highest BCUT2D eigenvalue weighted by molar-refractivity contribution is 6.05. The average molecular weight is 467 g/mol. The second kappa shape index (κ2) is 10.4. The lowest BCUT2D eigenvalue weighted by atomic mass is 10.0. The maximum atomic E-state index is 13.3. The predicted molar refractivity (Wildman–Crippen MR) is 131 cm³/mol. The third-order valence-corrected chi connectivity index (χ3v) is 7.00. The number of rotatable bonds is 6. The summed E-state index contributed by atoms with van der Waals surface area (Å²) in [6.45, 7) is 7.19. The molecule has 2 saturated heterocycles. The second-order valence-corrected chi connectivity index (χ2v) is 9.32. The van der Waals surface area contributed by atoms with E-state index in [-0.39, 0.29) is 35.1 Å². The summed E-state index contributed by atoms with van der Waals surface area (Å²) < 4.78 is 0. The quantitative estimate of drug-likeness (QED) is 0.681. The van der Waals surface area contributed by atoms with Gasteiger partial charge in [-0.25, -0.2) is 0 Å². The molecule has 2 aliphatic rings. The molecule has 0 spiro atoms. The van der Waals surface area contributed by atoms with E-state index in [4.69, 9.17) is 0 Å². The lowest BCUT2D eigenvalue weighted by molar-refractivity contribution is -0.137. The van der Waals surface area contributed by atoms with Gasteiger partial charge >= 0.3 is 0 Å². The third-order valence-electron chi connectivity index (χ3n) is 7.00. The predicted octanol–water partition coefficient (Wildman–Crippen LogP) is 2.21. The molecular weight excluding hydrogens is 432 g/mol. The van der Waals surface area contributed by atoms with Crippen molar-refractivity contribution < 1.29 is 19.5 Å². The van der Waals surface area contributed by atoms with Crippen LogP contribution in [0.3, 0.4) is 0 Å². The van der Waals surface area contributed by atoms with Crippen molar-refractivity contribution in [3.8, 4) is 5.75 Å². The molecule has 0 bridgehead atoms. The third kappa shape index (κ3) is 5.01. The van der Waals surface area contributed by atoms with Gasteiger partial charge in [0.15, 0.2) is 0 Å². The normalized spacial score (nSPS) is 19.9. The summed E-state index contributed by atoms with van der Waals surface area (Å²) in [5, 5.41) is 15.2. The molecular formula is C26H34N4O4. The zero-order chi connectivity index (χ0) is 24.2. The van der Waals surface area contributed by atoms with Crippen molar-refractivity contribution in [2.45, 2.75) is 45.2 Å². The summed E-state index contributed by atoms with van der Waals surface area (Å²) >= 11 is 0. The SMILES string of the molecule is CCC(C)NC(=O)CN1CCN(C(=O)C2CCCN2C(=O)c2ccc3ccccc3c2O)CC1. The molecule has 182 valence electrons. The average Bonchev–Trinajstić information content (AvgIpc) is 3.34. The van der Waals surface area contributed by atoms with Crippen LogP contribution in [0.25, 0.3) is 10.8 Å². The molecule has 0 aliphatic carbocycles. The van der Waals surface area contributed by atoms with Crippen LogP contribution >= 0.6 is 0 Å². The Morgan fingerprint density at radius 2 is 1.79 bits per heavy atom. The van der Waals surface area contributed by atoms with Crippen molar-refractivity contribution in [2.75, 3.05) is 39.3 Å². The number of phenolic OH excluding ortho intramolecular Hbond substituents is 1. The van der Waals surface area contributed by atoms with Gasteiger partial charge in [-0.05, 0) is 37.6 Å². The molecule has 2 aromatic rings. The zero-order valence-electron chi connectivity index (χ0n) is 20.0. The number of benzene rings is 2. The summed E-state index contributed by atoms with van der Waals surface area (Å²) in [4.78, 5) is 44.3. The maximum absolute atomic E-state index is 13.3. The fraction of sp³-hybridized carbons (Fsp3) is 0.500. The Morgan fingerprint density at radius 3 is 2.53 bits per heavy atom. The van der Waals surface area contributed by atoms with Gasteiger partial charge < -0.3 is 20.2 Å². The van der Waals surface area contributed by atoms with E-state index in [1.54, 1.807) is 21.9 Å². The molecule has 3 amide bonds. The van der Waals surface area contributed by atoms with Crippen molar-refractivity contribution in [2.24, 2.45) is 0 Å². The van der Waals surface area contributed by atoms with Gasteiger partial charge in [-0.2, -0.15) is 0 Å². The highest BCUT2D eigenvalue weighted by Gasteiger charge is 2.38. The molecule has 0 saturated carbocycles. The van der Waals surface area contributed by atoms with E-state index >= 15 is 0 Å². The first-order valence-electron chi connectivity index (χ1n) is 12.2. The van der Waals surface area contributed by atoms with Gasteiger partial charge in [0.1, 0.15) is 11.8 Å². The minimum Gasteiger partial charge on any atom is -0.506 e. The largest absolute Gasteiger partial charge is 0.506 e. The highest BCUT2D eigenvalue weighted by Crippen LogP contribution is 2.31. The van der Waals surface area contributed by atoms with E-state index in [1.807, 2.05) is 38.1 Å². The minimum absolute atomic E-state index is 0.0110. The molecule has 2 fully saturated rings. The van der Waals surface area contributed by atoms with Crippen LogP contribution < -0.4 is 5.32 Å². The van der Waals surface area contributed by atoms with Crippen LogP contribution in [0.1, 0.15) is 43.5 Å². The van der Waals surface area contributed by atoms with E-state index in [0.717, 1.165) is 18.2 Å². The standard InChI is InChI=1S/C26H34N4O4/c1-3-18(2)27-23(31)17-28-13-15-29(16-14-28)26(34)22-9-6-12-30(22)25(33)21-11-10-19-7-4-5-8-20(19)24(21)32/h4-5,7-8,10-11,18,22,32H,3,6,9,12-17H2,1-2H3,(H,27,31). The van der Waals surface area contributed by atoms with Gasteiger partial charge in [0.2, 0.25) is 11.8 Å². The number of piperazine rings is 1. The number of carbonyl (C=O) groups is 3. The molecule has 2 N–H and O–H groups in total. The molecule has 2 aromatic carbocycles. The second-order valence-electron chi connectivity index (χ2n) is 9.32. The molecule has 2 heterocycles. The van der Waals surface area contributed by atoms with Gasteiger partial charge in [0.25, 0.3) is 5.91 Å². The van der Waals surface area contributed by atoms with E-state index < -0.39 is 6.04 Å². The number of nitrogens with one attached hydrogen (secondary N) is 1. The van der Waals surface area contributed by atoms with Gasteiger partial charge in [-0.15, -0.1) is 0 Å². The van der Waals surface area contributed by atoms with Crippen LogP contribution in [0.15, 0.2) is 36.4 Å². The lowest BCUT2D eigenvalue weighted by Crippen LogP contribution is -2.55. The minimum atomic E-state index is -0.515. The maximum Gasteiger partial charge on any atom is 0.258 e. The Labute approximate surface area is 200 Å². The summed E-state index contributed by atoms with van der Waals surface area (Å²) in [5.74, 6) is -0.378. The van der Waals surface area contributed by atoms with Gasteiger partial charge in [-0.3, -0.25) is 19.3 Å². The summed E-state index contributed by atoms with van der Waals surface area (Å²) in [5.41, 5.74) is 0.232. The van der Waals surface area contributed by atoms with Crippen LogP contribution in [0, 0.1) is 0 Å². The summed E-state index contributed by atoms with van der Waals surface area (Å²) in [6.07, 6.45) is 2.27. The van der Waals surface area contributed by atoms with Gasteiger partial charge in [-0.1, -0.05) is 37.3 Å². The highest BCUT2D eigenvalue weighted by atomic mass is 16.3. The van der Waals surface area contributed by atoms with E-state index in [9.17, 15) is 19.5 Å². The first kappa shape index (κ1) is 24.0. The van der Waals surface area contributed by atoms with E-state index in [2.05, 4.69) is 10.2 Å². The smallest absolute Gasteiger partial charge is 0.258 e. The van der Waals surface area contributed by atoms with Crippen molar-refractivity contribution in [3.63, 3.8) is 0 Å². The number of fused-ring (bicyclic) bond motifs is 1. The Kier molecular flexibility index (Phi) is 7.36. The number of amides is 3. The first-order chi connectivity index (χ1) is 16.4.